The van der Waals surface area contributed by atoms with Gasteiger partial charge in [-0.05, 0) is 37.5 Å². The Hall–Kier alpha value is -2.69. The molecular formula is C18H19N3O2. The molecule has 2 aromatic heterocycles. The lowest BCUT2D eigenvalue weighted by atomic mass is 10.0. The highest BCUT2D eigenvalue weighted by atomic mass is 16.4. The van der Waals surface area contributed by atoms with E-state index >= 15 is 0 Å². The van der Waals surface area contributed by atoms with Gasteiger partial charge in [0.15, 0.2) is 5.65 Å². The highest BCUT2D eigenvalue weighted by molar-refractivity contribution is 5.82. The van der Waals surface area contributed by atoms with Gasteiger partial charge >= 0.3 is 5.97 Å². The minimum absolute atomic E-state index is 0.0139. The van der Waals surface area contributed by atoms with Gasteiger partial charge in [-0.15, -0.1) is 0 Å². The van der Waals surface area contributed by atoms with Gasteiger partial charge in [0, 0.05) is 11.1 Å². The molecule has 0 spiro atoms. The van der Waals surface area contributed by atoms with E-state index in [-0.39, 0.29) is 12.5 Å². The van der Waals surface area contributed by atoms with Gasteiger partial charge in [0.05, 0.1) is 18.7 Å². The van der Waals surface area contributed by atoms with Crippen molar-refractivity contribution >= 4 is 17.0 Å². The van der Waals surface area contributed by atoms with Crippen molar-refractivity contribution < 1.29 is 9.90 Å². The van der Waals surface area contributed by atoms with Crippen LogP contribution in [0.15, 0.2) is 36.5 Å². The van der Waals surface area contributed by atoms with Gasteiger partial charge in [-0.25, -0.2) is 9.67 Å². The Bertz CT molecular complexity index is 869. The molecule has 3 rings (SSSR count). The third kappa shape index (κ3) is 2.70. The number of hydrogen-bond donors (Lipinski definition) is 1. The number of benzene rings is 1. The Morgan fingerprint density at radius 1 is 1.26 bits per heavy atom. The predicted molar refractivity (Wildman–Crippen MR) is 88.6 cm³/mol. The summed E-state index contributed by atoms with van der Waals surface area (Å²) in [7, 11) is 0. The number of pyridine rings is 1. The van der Waals surface area contributed by atoms with Crippen LogP contribution in [0.1, 0.15) is 35.3 Å². The monoisotopic (exact) mass is 309 g/mol. The van der Waals surface area contributed by atoms with Crippen molar-refractivity contribution in [3.8, 4) is 0 Å². The van der Waals surface area contributed by atoms with E-state index in [1.54, 1.807) is 6.20 Å². The third-order valence-electron chi connectivity index (χ3n) is 4.31. The Kier molecular flexibility index (Phi) is 3.86. The third-order valence-corrected chi connectivity index (χ3v) is 4.31. The summed E-state index contributed by atoms with van der Waals surface area (Å²) in [5.74, 6) is -0.845. The summed E-state index contributed by atoms with van der Waals surface area (Å²) in [5, 5.41) is 14.5. The molecule has 23 heavy (non-hydrogen) atoms. The molecule has 5 heteroatoms. The van der Waals surface area contributed by atoms with Gasteiger partial charge in [-0.2, -0.15) is 5.10 Å². The number of nitrogens with zero attached hydrogens (tertiary/aromatic N) is 3. The number of carbonyl (C=O) groups is 1. The van der Waals surface area contributed by atoms with Crippen LogP contribution >= 0.6 is 0 Å². The van der Waals surface area contributed by atoms with Crippen LogP contribution in [0.3, 0.4) is 0 Å². The molecule has 0 aliphatic rings. The molecule has 0 fully saturated rings. The summed E-state index contributed by atoms with van der Waals surface area (Å²) in [6.07, 6.45) is 1.77. The molecule has 1 N–H and O–H groups in total. The van der Waals surface area contributed by atoms with Crippen LogP contribution in [-0.2, 0) is 11.2 Å². The maximum absolute atomic E-state index is 11.1. The van der Waals surface area contributed by atoms with Crippen LogP contribution in [0.5, 0.6) is 0 Å². The van der Waals surface area contributed by atoms with Crippen molar-refractivity contribution in [2.45, 2.75) is 33.2 Å². The zero-order chi connectivity index (χ0) is 16.6. The molecule has 0 saturated heterocycles. The summed E-state index contributed by atoms with van der Waals surface area (Å²) in [6.45, 7) is 5.88. The highest BCUT2D eigenvalue weighted by Gasteiger charge is 2.18. The molecule has 1 atom stereocenters. The minimum Gasteiger partial charge on any atom is -0.481 e. The van der Waals surface area contributed by atoms with Gasteiger partial charge < -0.3 is 5.11 Å². The summed E-state index contributed by atoms with van der Waals surface area (Å²) >= 11 is 0. The molecule has 0 bridgehead atoms. The maximum Gasteiger partial charge on any atom is 0.307 e. The first-order chi connectivity index (χ1) is 11.0. The predicted octanol–water partition coefficient (Wildman–Crippen LogP) is 3.28. The van der Waals surface area contributed by atoms with E-state index < -0.39 is 5.97 Å². The highest BCUT2D eigenvalue weighted by Crippen LogP contribution is 2.27. The van der Waals surface area contributed by atoms with Crippen molar-refractivity contribution in [1.82, 2.24) is 14.8 Å². The molecule has 1 unspecified atom stereocenters. The summed E-state index contributed by atoms with van der Waals surface area (Å²) < 4.78 is 1.90. The molecule has 0 aliphatic heterocycles. The van der Waals surface area contributed by atoms with Gasteiger partial charge in [-0.3, -0.25) is 4.79 Å². The van der Waals surface area contributed by atoms with E-state index in [0.29, 0.717) is 0 Å². The average molecular weight is 309 g/mol. The van der Waals surface area contributed by atoms with Crippen molar-refractivity contribution in [2.75, 3.05) is 0 Å². The van der Waals surface area contributed by atoms with Gasteiger partial charge in [0.1, 0.15) is 0 Å². The molecule has 118 valence electrons. The van der Waals surface area contributed by atoms with Crippen LogP contribution in [0.4, 0.5) is 0 Å². The number of aliphatic carboxylic acids is 1. The fourth-order valence-corrected chi connectivity index (χ4v) is 2.96. The van der Waals surface area contributed by atoms with E-state index in [9.17, 15) is 4.79 Å². The lowest BCUT2D eigenvalue weighted by Gasteiger charge is -2.15. The van der Waals surface area contributed by atoms with Crippen molar-refractivity contribution in [2.24, 2.45) is 0 Å². The number of carboxylic acids is 1. The van der Waals surface area contributed by atoms with Gasteiger partial charge in [0.2, 0.25) is 0 Å². The molecule has 2 heterocycles. The Labute approximate surface area is 134 Å². The number of hydrogen-bond acceptors (Lipinski definition) is 3. The first kappa shape index (κ1) is 15.2. The van der Waals surface area contributed by atoms with Crippen molar-refractivity contribution in [3.05, 3.63) is 58.9 Å². The summed E-state index contributed by atoms with van der Waals surface area (Å²) in [6, 6.07) is 10.2. The van der Waals surface area contributed by atoms with E-state index in [0.717, 1.165) is 33.4 Å². The standard InChI is InChI=1S/C18H19N3O2/c1-11-15(9-17(22)23)12(2)20-18-16(11)10-19-21(18)13(3)14-7-5-4-6-8-14/h4-8,10,13H,9H2,1-3H3,(H,22,23). The second-order valence-corrected chi connectivity index (χ2v) is 5.78. The fourth-order valence-electron chi connectivity index (χ4n) is 2.96. The van der Waals surface area contributed by atoms with Crippen LogP contribution in [0.2, 0.25) is 0 Å². The second kappa shape index (κ2) is 5.83. The number of aryl methyl sites for hydroxylation is 2. The molecule has 0 radical (unpaired) electrons. The molecule has 0 aliphatic carbocycles. The van der Waals surface area contributed by atoms with Crippen LogP contribution < -0.4 is 0 Å². The SMILES string of the molecule is Cc1nc2c(cnn2C(C)c2ccccc2)c(C)c1CC(=O)O. The molecule has 3 aromatic rings. The second-order valence-electron chi connectivity index (χ2n) is 5.78. The van der Waals surface area contributed by atoms with E-state index in [1.165, 1.54) is 0 Å². The Balaban J connectivity index is 2.13. The molecule has 1 aromatic carbocycles. The Morgan fingerprint density at radius 2 is 1.96 bits per heavy atom. The van der Waals surface area contributed by atoms with Crippen LogP contribution in [0.25, 0.3) is 11.0 Å². The molecule has 5 nitrogen and oxygen atoms in total. The smallest absolute Gasteiger partial charge is 0.307 e. The average Bonchev–Trinajstić information content (AvgIpc) is 2.95. The normalized spacial score (nSPS) is 12.5. The van der Waals surface area contributed by atoms with Crippen LogP contribution in [0, 0.1) is 13.8 Å². The van der Waals surface area contributed by atoms with E-state index in [1.807, 2.05) is 36.7 Å². The minimum atomic E-state index is -0.845. The zero-order valence-electron chi connectivity index (χ0n) is 13.4. The molecule has 0 saturated carbocycles. The topological polar surface area (TPSA) is 68.0 Å². The zero-order valence-corrected chi connectivity index (χ0v) is 13.4. The largest absolute Gasteiger partial charge is 0.481 e. The molecular weight excluding hydrogens is 290 g/mol. The maximum atomic E-state index is 11.1. The van der Waals surface area contributed by atoms with E-state index in [2.05, 4.69) is 29.1 Å². The Morgan fingerprint density at radius 3 is 2.61 bits per heavy atom. The number of rotatable bonds is 4. The first-order valence-corrected chi connectivity index (χ1v) is 7.59. The summed E-state index contributed by atoms with van der Waals surface area (Å²) in [5.41, 5.74) is 4.42. The number of aromatic nitrogens is 3. The quantitative estimate of drug-likeness (QED) is 0.803. The fraction of sp³-hybridized carbons (Fsp3) is 0.278. The van der Waals surface area contributed by atoms with Crippen molar-refractivity contribution in [3.63, 3.8) is 0 Å². The number of carboxylic acid groups (broad SMARTS) is 1. The lowest BCUT2D eigenvalue weighted by Crippen LogP contribution is -2.11. The number of fused-ring (bicyclic) bond motifs is 1. The van der Waals surface area contributed by atoms with Gasteiger partial charge in [-0.1, -0.05) is 30.3 Å². The summed E-state index contributed by atoms with van der Waals surface area (Å²) in [4.78, 5) is 15.7. The lowest BCUT2D eigenvalue weighted by molar-refractivity contribution is -0.136. The molecule has 0 amide bonds. The first-order valence-electron chi connectivity index (χ1n) is 7.59. The van der Waals surface area contributed by atoms with Crippen LogP contribution in [-0.4, -0.2) is 25.8 Å². The van der Waals surface area contributed by atoms with Crippen molar-refractivity contribution in [1.29, 1.82) is 0 Å². The van der Waals surface area contributed by atoms with E-state index in [4.69, 9.17) is 5.11 Å². The van der Waals surface area contributed by atoms with Gasteiger partial charge in [0.25, 0.3) is 0 Å².